The number of aryl methyl sites for hydroxylation is 1. The minimum absolute atomic E-state index is 0.0469. The molecule has 192 valence electrons. The summed E-state index contributed by atoms with van der Waals surface area (Å²) in [5, 5.41) is 11.5. The average molecular weight is 499 g/mol. The molecule has 1 fully saturated rings. The summed E-state index contributed by atoms with van der Waals surface area (Å²) in [4.78, 5) is 32.4. The number of ketones is 1. The minimum atomic E-state index is -0.732. The van der Waals surface area contributed by atoms with Crippen LogP contribution >= 0.6 is 0 Å². The molecule has 0 radical (unpaired) electrons. The fourth-order valence-corrected chi connectivity index (χ4v) is 4.60. The van der Waals surface area contributed by atoms with Crippen molar-refractivity contribution in [2.24, 2.45) is 0 Å². The number of hydrogen-bond donors (Lipinski definition) is 1. The number of aliphatic hydroxyl groups excluding tert-OH is 1. The number of amides is 1. The van der Waals surface area contributed by atoms with Crippen LogP contribution in [0.1, 0.15) is 68.0 Å². The Bertz CT molecular complexity index is 1320. The first-order valence-electron chi connectivity index (χ1n) is 12.6. The summed E-state index contributed by atoms with van der Waals surface area (Å²) in [6.07, 6.45) is 4.23. The predicted octanol–water partition coefficient (Wildman–Crippen LogP) is 6.10. The normalized spacial score (nSPS) is 17.3. The molecule has 1 amide bonds. The number of aliphatic hydroxyl groups is 1. The Labute approximate surface area is 218 Å². The van der Waals surface area contributed by atoms with Crippen LogP contribution in [-0.2, 0) is 21.5 Å². The molecule has 1 aliphatic heterocycles. The van der Waals surface area contributed by atoms with Gasteiger partial charge >= 0.3 is 0 Å². The number of Topliss-reactive ketones (excluding diaryl/α,β-unsaturated/α-hetero) is 1. The molecule has 0 saturated carbocycles. The van der Waals surface area contributed by atoms with Crippen molar-refractivity contribution < 1.29 is 19.4 Å². The van der Waals surface area contributed by atoms with E-state index in [-0.39, 0.29) is 23.3 Å². The first-order valence-corrected chi connectivity index (χ1v) is 12.6. The van der Waals surface area contributed by atoms with E-state index in [4.69, 9.17) is 4.74 Å². The molecule has 1 unspecified atom stereocenters. The van der Waals surface area contributed by atoms with Crippen molar-refractivity contribution in [1.82, 2.24) is 9.88 Å². The van der Waals surface area contributed by atoms with Crippen LogP contribution in [0.3, 0.4) is 0 Å². The summed E-state index contributed by atoms with van der Waals surface area (Å²) in [6.45, 7) is 11.1. The molecular weight excluding hydrogens is 464 g/mol. The maximum Gasteiger partial charge on any atom is 0.295 e. The van der Waals surface area contributed by atoms with Crippen molar-refractivity contribution in [3.05, 3.63) is 100 Å². The second kappa shape index (κ2) is 10.6. The predicted molar refractivity (Wildman–Crippen MR) is 144 cm³/mol. The van der Waals surface area contributed by atoms with Crippen molar-refractivity contribution in [2.75, 3.05) is 6.61 Å². The summed E-state index contributed by atoms with van der Waals surface area (Å²) >= 11 is 0. The van der Waals surface area contributed by atoms with Crippen molar-refractivity contribution in [2.45, 2.75) is 59.0 Å². The van der Waals surface area contributed by atoms with Crippen molar-refractivity contribution in [1.29, 1.82) is 0 Å². The highest BCUT2D eigenvalue weighted by molar-refractivity contribution is 6.46. The Kier molecular flexibility index (Phi) is 7.48. The number of rotatable bonds is 7. The zero-order valence-corrected chi connectivity index (χ0v) is 22.1. The average Bonchev–Trinajstić information content (AvgIpc) is 3.12. The number of hydrogen-bond acceptors (Lipinski definition) is 5. The number of carbonyl (C=O) groups excluding carboxylic acids is 2. The highest BCUT2D eigenvalue weighted by Crippen LogP contribution is 2.41. The Morgan fingerprint density at radius 1 is 1.08 bits per heavy atom. The van der Waals surface area contributed by atoms with Gasteiger partial charge in [0.15, 0.2) is 0 Å². The van der Waals surface area contributed by atoms with Crippen LogP contribution in [0, 0.1) is 6.92 Å². The Hall–Kier alpha value is -3.93. The molecule has 2 aromatic carbocycles. The molecule has 2 heterocycles. The van der Waals surface area contributed by atoms with Crippen LogP contribution < -0.4 is 4.74 Å². The summed E-state index contributed by atoms with van der Waals surface area (Å²) in [5.74, 6) is -0.827. The summed E-state index contributed by atoms with van der Waals surface area (Å²) in [6, 6.07) is 16.2. The van der Waals surface area contributed by atoms with Gasteiger partial charge in [-0.25, -0.2) is 0 Å². The van der Waals surface area contributed by atoms with Gasteiger partial charge in [0.05, 0.1) is 18.2 Å². The summed E-state index contributed by atoms with van der Waals surface area (Å²) in [5.41, 5.74) is 3.99. The van der Waals surface area contributed by atoms with Crippen LogP contribution in [0.5, 0.6) is 5.75 Å². The molecule has 1 saturated heterocycles. The number of nitrogens with zero attached hydrogens (tertiary/aromatic N) is 2. The van der Waals surface area contributed by atoms with Gasteiger partial charge in [0.2, 0.25) is 0 Å². The van der Waals surface area contributed by atoms with Gasteiger partial charge in [-0.1, -0.05) is 58.0 Å². The molecule has 37 heavy (non-hydrogen) atoms. The highest BCUT2D eigenvalue weighted by atomic mass is 16.5. The summed E-state index contributed by atoms with van der Waals surface area (Å²) < 4.78 is 5.71. The Morgan fingerprint density at radius 2 is 1.81 bits per heavy atom. The first-order chi connectivity index (χ1) is 17.6. The number of aromatic nitrogens is 1. The van der Waals surface area contributed by atoms with Gasteiger partial charge in [-0.2, -0.15) is 0 Å². The van der Waals surface area contributed by atoms with Crippen LogP contribution in [0.4, 0.5) is 0 Å². The summed E-state index contributed by atoms with van der Waals surface area (Å²) in [7, 11) is 0. The topological polar surface area (TPSA) is 79.7 Å². The zero-order valence-electron chi connectivity index (χ0n) is 22.1. The van der Waals surface area contributed by atoms with E-state index in [0.717, 1.165) is 28.7 Å². The highest BCUT2D eigenvalue weighted by Gasteiger charge is 2.46. The van der Waals surface area contributed by atoms with Crippen molar-refractivity contribution in [3.8, 4) is 5.75 Å². The maximum absolute atomic E-state index is 13.4. The zero-order chi connectivity index (χ0) is 26.7. The maximum atomic E-state index is 13.4. The molecule has 3 aromatic rings. The standard InChI is InChI=1S/C31H34N2O4/c1-6-16-37-24-13-14-25(20(2)17-24)28(34)26-27(22-9-11-23(12-10-22)31(3,4)5)33(30(36)29(26)35)19-21-8-7-15-32-18-21/h7-15,17-18,27,34H,6,16,19H2,1-5H3. The number of likely N-dealkylation sites (tertiary alicyclic amines) is 1. The van der Waals surface area contributed by atoms with E-state index in [1.807, 2.05) is 50.2 Å². The molecule has 1 atom stereocenters. The van der Waals surface area contributed by atoms with Gasteiger partial charge in [-0.3, -0.25) is 14.6 Å². The van der Waals surface area contributed by atoms with E-state index in [1.54, 1.807) is 30.6 Å². The lowest BCUT2D eigenvalue weighted by molar-refractivity contribution is -0.140. The lowest BCUT2D eigenvalue weighted by Crippen LogP contribution is -2.29. The Morgan fingerprint density at radius 3 is 2.41 bits per heavy atom. The molecular formula is C31H34N2O4. The molecule has 1 N–H and O–H groups in total. The van der Waals surface area contributed by atoms with Gasteiger partial charge in [0.25, 0.3) is 11.7 Å². The fraction of sp³-hybridized carbons (Fsp3) is 0.323. The molecule has 6 heteroatoms. The van der Waals surface area contributed by atoms with E-state index in [9.17, 15) is 14.7 Å². The molecule has 0 spiro atoms. The van der Waals surface area contributed by atoms with Crippen molar-refractivity contribution in [3.63, 3.8) is 0 Å². The molecule has 1 aliphatic rings. The quantitative estimate of drug-likeness (QED) is 0.242. The van der Waals surface area contributed by atoms with Gasteiger partial charge in [0, 0.05) is 24.5 Å². The number of benzene rings is 2. The SMILES string of the molecule is CCCOc1ccc(C(O)=C2C(=O)C(=O)N(Cc3cccnc3)C2c2ccc(C(C)(C)C)cc2)c(C)c1. The first kappa shape index (κ1) is 26.1. The Balaban J connectivity index is 1.83. The second-order valence-electron chi connectivity index (χ2n) is 10.5. The van der Waals surface area contributed by atoms with Crippen LogP contribution in [-0.4, -0.2) is 33.3 Å². The van der Waals surface area contributed by atoms with Gasteiger partial charge in [0.1, 0.15) is 11.5 Å². The monoisotopic (exact) mass is 498 g/mol. The number of pyridine rings is 1. The third-order valence-corrected chi connectivity index (χ3v) is 6.63. The van der Waals surface area contributed by atoms with E-state index in [2.05, 4.69) is 25.8 Å². The molecule has 0 aliphatic carbocycles. The molecule has 0 bridgehead atoms. The largest absolute Gasteiger partial charge is 0.507 e. The van der Waals surface area contributed by atoms with E-state index < -0.39 is 17.7 Å². The molecule has 4 rings (SSSR count). The lowest BCUT2D eigenvalue weighted by atomic mass is 9.85. The lowest BCUT2D eigenvalue weighted by Gasteiger charge is -2.26. The van der Waals surface area contributed by atoms with E-state index >= 15 is 0 Å². The third kappa shape index (κ3) is 5.43. The number of ether oxygens (including phenoxy) is 1. The second-order valence-corrected chi connectivity index (χ2v) is 10.5. The fourth-order valence-electron chi connectivity index (χ4n) is 4.60. The van der Waals surface area contributed by atoms with Crippen LogP contribution in [0.15, 0.2) is 72.6 Å². The van der Waals surface area contributed by atoms with Gasteiger partial charge in [-0.15, -0.1) is 0 Å². The minimum Gasteiger partial charge on any atom is -0.507 e. The van der Waals surface area contributed by atoms with Gasteiger partial charge in [-0.05, 0) is 65.3 Å². The van der Waals surface area contributed by atoms with Crippen LogP contribution in [0.25, 0.3) is 5.76 Å². The van der Waals surface area contributed by atoms with Gasteiger partial charge < -0.3 is 14.7 Å². The van der Waals surface area contributed by atoms with E-state index in [1.165, 1.54) is 4.90 Å². The molecule has 6 nitrogen and oxygen atoms in total. The smallest absolute Gasteiger partial charge is 0.295 e. The van der Waals surface area contributed by atoms with Crippen molar-refractivity contribution >= 4 is 17.4 Å². The third-order valence-electron chi connectivity index (χ3n) is 6.63. The van der Waals surface area contributed by atoms with Crippen LogP contribution in [0.2, 0.25) is 0 Å². The molecule has 1 aromatic heterocycles. The number of carbonyl (C=O) groups is 2. The van der Waals surface area contributed by atoms with E-state index in [0.29, 0.717) is 17.9 Å².